The zero-order valence-electron chi connectivity index (χ0n) is 18.4. The molecule has 0 aliphatic heterocycles. The summed E-state index contributed by atoms with van der Waals surface area (Å²) in [6, 6.07) is 25.9. The van der Waals surface area contributed by atoms with Gasteiger partial charge in [-0.25, -0.2) is 4.79 Å². The third-order valence-corrected chi connectivity index (χ3v) is 4.64. The summed E-state index contributed by atoms with van der Waals surface area (Å²) in [6.45, 7) is 4.37. The van der Waals surface area contributed by atoms with Gasteiger partial charge in [0.1, 0.15) is 23.4 Å². The molecule has 0 saturated heterocycles. The topological polar surface area (TPSA) is 99.0 Å². The van der Waals surface area contributed by atoms with E-state index in [2.05, 4.69) is 54.7 Å². The lowest BCUT2D eigenvalue weighted by Gasteiger charge is -2.14. The van der Waals surface area contributed by atoms with Crippen LogP contribution in [0.3, 0.4) is 0 Å². The molecule has 0 heterocycles. The highest BCUT2D eigenvalue weighted by molar-refractivity contribution is 5.71. The number of rotatable bonds is 9. The highest BCUT2D eigenvalue weighted by atomic mass is 16.5. The van der Waals surface area contributed by atoms with Crippen LogP contribution in [0.2, 0.25) is 0 Å². The number of carbonyl (C=O) groups is 1. The van der Waals surface area contributed by atoms with Crippen molar-refractivity contribution < 1.29 is 24.9 Å². The van der Waals surface area contributed by atoms with E-state index in [1.54, 1.807) is 24.3 Å². The molecule has 3 aromatic rings. The van der Waals surface area contributed by atoms with Crippen LogP contribution in [-0.2, 0) is 17.6 Å². The van der Waals surface area contributed by atoms with Crippen molar-refractivity contribution in [2.45, 2.75) is 38.8 Å². The normalized spacial score (nSPS) is 12.2. The fourth-order valence-electron chi connectivity index (χ4n) is 2.88. The maximum atomic E-state index is 9.45. The molecule has 0 saturated carbocycles. The van der Waals surface area contributed by atoms with Crippen LogP contribution < -0.4 is 10.1 Å². The van der Waals surface area contributed by atoms with Gasteiger partial charge in [-0.15, -0.1) is 0 Å². The SMILES string of the molecule is CC(Cc1ccccc1)NCCc1ccc(Oc2ccc(O)cc2)cc1.CC(O)C(=O)O. The summed E-state index contributed by atoms with van der Waals surface area (Å²) in [5, 5.41) is 28.7. The fourth-order valence-corrected chi connectivity index (χ4v) is 2.88. The molecule has 0 aliphatic rings. The molecule has 0 spiro atoms. The second-order valence-corrected chi connectivity index (χ2v) is 7.55. The number of hydrogen-bond donors (Lipinski definition) is 4. The molecule has 0 aromatic heterocycles. The Labute approximate surface area is 189 Å². The van der Waals surface area contributed by atoms with Crippen LogP contribution in [0, 0.1) is 0 Å². The second-order valence-electron chi connectivity index (χ2n) is 7.55. The Hall–Kier alpha value is -3.35. The van der Waals surface area contributed by atoms with E-state index in [0.29, 0.717) is 11.8 Å². The number of aliphatic hydroxyl groups is 1. The molecular formula is C26H31NO5. The van der Waals surface area contributed by atoms with Crippen molar-refractivity contribution in [3.8, 4) is 17.2 Å². The van der Waals surface area contributed by atoms with Crippen LogP contribution in [-0.4, -0.2) is 40.0 Å². The van der Waals surface area contributed by atoms with Crippen molar-refractivity contribution in [3.05, 3.63) is 90.0 Å². The van der Waals surface area contributed by atoms with Crippen molar-refractivity contribution in [3.63, 3.8) is 0 Å². The minimum absolute atomic E-state index is 0.238. The number of aliphatic hydroxyl groups excluding tert-OH is 1. The molecule has 0 amide bonds. The maximum Gasteiger partial charge on any atom is 0.332 e. The van der Waals surface area contributed by atoms with Crippen LogP contribution in [0.4, 0.5) is 0 Å². The molecule has 6 nitrogen and oxygen atoms in total. The van der Waals surface area contributed by atoms with Crippen molar-refractivity contribution in [1.29, 1.82) is 0 Å². The monoisotopic (exact) mass is 437 g/mol. The first-order chi connectivity index (χ1) is 15.3. The van der Waals surface area contributed by atoms with E-state index in [0.717, 1.165) is 25.1 Å². The van der Waals surface area contributed by atoms with E-state index >= 15 is 0 Å². The van der Waals surface area contributed by atoms with Crippen LogP contribution in [0.1, 0.15) is 25.0 Å². The molecule has 4 N–H and O–H groups in total. The van der Waals surface area contributed by atoms with E-state index < -0.39 is 12.1 Å². The molecule has 0 fully saturated rings. The lowest BCUT2D eigenvalue weighted by atomic mass is 10.1. The van der Waals surface area contributed by atoms with Crippen LogP contribution in [0.25, 0.3) is 0 Å². The van der Waals surface area contributed by atoms with Gasteiger partial charge in [-0.1, -0.05) is 42.5 Å². The van der Waals surface area contributed by atoms with Gasteiger partial charge in [-0.05, 0) is 80.8 Å². The van der Waals surface area contributed by atoms with Gasteiger partial charge in [0.05, 0.1) is 0 Å². The summed E-state index contributed by atoms with van der Waals surface area (Å²) < 4.78 is 5.77. The van der Waals surface area contributed by atoms with Crippen molar-refractivity contribution >= 4 is 5.97 Å². The molecule has 32 heavy (non-hydrogen) atoms. The fraction of sp³-hybridized carbons (Fsp3) is 0.269. The predicted octanol–water partition coefficient (Wildman–Crippen LogP) is 4.40. The number of phenolic OH excluding ortho intramolecular Hbond substituents is 1. The van der Waals surface area contributed by atoms with E-state index in [1.165, 1.54) is 18.1 Å². The second kappa shape index (κ2) is 13.1. The molecule has 2 atom stereocenters. The maximum absolute atomic E-state index is 9.45. The molecule has 170 valence electrons. The van der Waals surface area contributed by atoms with Gasteiger partial charge in [-0.2, -0.15) is 0 Å². The molecule has 2 unspecified atom stereocenters. The summed E-state index contributed by atoms with van der Waals surface area (Å²) in [5.41, 5.74) is 2.64. The third kappa shape index (κ3) is 9.64. The first-order valence-corrected chi connectivity index (χ1v) is 10.6. The average molecular weight is 438 g/mol. The zero-order chi connectivity index (χ0) is 23.3. The standard InChI is InChI=1S/C23H25NO2.C3H6O3/c1-18(17-20-5-3-2-4-6-20)24-16-15-19-7-11-22(12-8-19)26-23-13-9-21(25)10-14-23;1-2(4)3(5)6/h2-14,18,24-25H,15-17H2,1H3;2,4H,1H3,(H,5,6). The number of aromatic hydroxyl groups is 1. The van der Waals surface area contributed by atoms with E-state index in [4.69, 9.17) is 14.9 Å². The van der Waals surface area contributed by atoms with Gasteiger partial charge in [0.2, 0.25) is 0 Å². The van der Waals surface area contributed by atoms with Crippen LogP contribution in [0.15, 0.2) is 78.9 Å². The molecule has 3 rings (SSSR count). The zero-order valence-corrected chi connectivity index (χ0v) is 18.4. The Bertz CT molecular complexity index is 925. The largest absolute Gasteiger partial charge is 0.508 e. The van der Waals surface area contributed by atoms with Crippen molar-refractivity contribution in [1.82, 2.24) is 5.32 Å². The number of ether oxygens (including phenoxy) is 1. The van der Waals surface area contributed by atoms with Gasteiger partial charge in [0.25, 0.3) is 0 Å². The lowest BCUT2D eigenvalue weighted by Crippen LogP contribution is -2.29. The highest BCUT2D eigenvalue weighted by Gasteiger charge is 2.04. The minimum atomic E-state index is -1.23. The Balaban J connectivity index is 0.000000534. The van der Waals surface area contributed by atoms with Gasteiger partial charge in [0, 0.05) is 6.04 Å². The molecule has 0 bridgehead atoms. The number of phenols is 1. The summed E-state index contributed by atoms with van der Waals surface area (Å²) >= 11 is 0. The summed E-state index contributed by atoms with van der Waals surface area (Å²) in [7, 11) is 0. The van der Waals surface area contributed by atoms with Crippen LogP contribution in [0.5, 0.6) is 17.2 Å². The molecule has 3 aromatic carbocycles. The van der Waals surface area contributed by atoms with Gasteiger partial charge >= 0.3 is 5.97 Å². The number of carboxylic acid groups (broad SMARTS) is 1. The Morgan fingerprint density at radius 2 is 1.41 bits per heavy atom. The number of aliphatic carboxylic acids is 1. The van der Waals surface area contributed by atoms with Crippen molar-refractivity contribution in [2.24, 2.45) is 0 Å². The lowest BCUT2D eigenvalue weighted by molar-refractivity contribution is -0.145. The predicted molar refractivity (Wildman–Crippen MR) is 125 cm³/mol. The Morgan fingerprint density at radius 1 is 0.875 bits per heavy atom. The first-order valence-electron chi connectivity index (χ1n) is 10.6. The summed E-state index contributed by atoms with van der Waals surface area (Å²) in [5.74, 6) is 0.563. The number of nitrogens with one attached hydrogen (secondary N) is 1. The number of hydrogen-bond acceptors (Lipinski definition) is 5. The Morgan fingerprint density at radius 3 is 1.94 bits per heavy atom. The molecule has 0 aliphatic carbocycles. The summed E-state index contributed by atoms with van der Waals surface area (Å²) in [6.07, 6.45) is 0.795. The quantitative estimate of drug-likeness (QED) is 0.396. The van der Waals surface area contributed by atoms with Gasteiger partial charge in [0.15, 0.2) is 0 Å². The van der Waals surface area contributed by atoms with Gasteiger partial charge < -0.3 is 25.4 Å². The third-order valence-electron chi connectivity index (χ3n) is 4.64. The van der Waals surface area contributed by atoms with Gasteiger partial charge in [-0.3, -0.25) is 0 Å². The number of carboxylic acids is 1. The molecule has 6 heteroatoms. The molecule has 0 radical (unpaired) electrons. The average Bonchev–Trinajstić information content (AvgIpc) is 2.77. The summed E-state index contributed by atoms with van der Waals surface area (Å²) in [4.78, 5) is 9.45. The smallest absolute Gasteiger partial charge is 0.332 e. The van der Waals surface area contributed by atoms with E-state index in [-0.39, 0.29) is 5.75 Å². The Kier molecular flexibility index (Phi) is 10.2. The van der Waals surface area contributed by atoms with Crippen molar-refractivity contribution in [2.75, 3.05) is 6.54 Å². The first kappa shape index (κ1) is 24.9. The number of benzene rings is 3. The van der Waals surface area contributed by atoms with Crippen LogP contribution >= 0.6 is 0 Å². The highest BCUT2D eigenvalue weighted by Crippen LogP contribution is 2.23. The molecular weight excluding hydrogens is 406 g/mol. The van der Waals surface area contributed by atoms with E-state index in [9.17, 15) is 9.90 Å². The minimum Gasteiger partial charge on any atom is -0.508 e. The van der Waals surface area contributed by atoms with E-state index in [1.807, 2.05) is 12.1 Å².